The number of hydrogen-bond acceptors (Lipinski definition) is 2. The van der Waals surface area contributed by atoms with Crippen molar-refractivity contribution in [3.63, 3.8) is 0 Å². The summed E-state index contributed by atoms with van der Waals surface area (Å²) in [6.45, 7) is 1.74. The minimum atomic E-state index is -0.880. The molecule has 0 aliphatic rings. The van der Waals surface area contributed by atoms with Gasteiger partial charge in [0.1, 0.15) is 0 Å². The minimum Gasteiger partial charge on any atom is -0.351 e. The summed E-state index contributed by atoms with van der Waals surface area (Å²) in [5.41, 5.74) is 5.89. The fourth-order valence-electron chi connectivity index (χ4n) is 1.02. The monoisotopic (exact) mass is 212 g/mol. The van der Waals surface area contributed by atoms with Gasteiger partial charge in [0.2, 0.25) is 0 Å². The molecule has 3 amide bonds. The van der Waals surface area contributed by atoms with Gasteiger partial charge in [0.15, 0.2) is 0 Å². The molecule has 0 aliphatic carbocycles. The third kappa shape index (κ3) is 2.47. The molecule has 5 heteroatoms. The van der Waals surface area contributed by atoms with Crippen molar-refractivity contribution in [3.05, 3.63) is 34.3 Å². The SMILES string of the molecule is Cc1ccc(Cl)cc1C(=O)NC(N)=O. The highest BCUT2D eigenvalue weighted by atomic mass is 35.5. The van der Waals surface area contributed by atoms with Gasteiger partial charge in [0.05, 0.1) is 0 Å². The highest BCUT2D eigenvalue weighted by Crippen LogP contribution is 2.14. The summed E-state index contributed by atoms with van der Waals surface area (Å²) in [7, 11) is 0. The van der Waals surface area contributed by atoms with Gasteiger partial charge in [-0.3, -0.25) is 10.1 Å². The number of aryl methyl sites for hydroxylation is 1. The Morgan fingerprint density at radius 1 is 1.43 bits per heavy atom. The number of primary amides is 1. The number of nitrogens with two attached hydrogens (primary N) is 1. The number of carbonyl (C=O) groups excluding carboxylic acids is 2. The lowest BCUT2D eigenvalue weighted by Gasteiger charge is -2.04. The molecule has 1 aromatic rings. The Balaban J connectivity index is 3.00. The number of benzene rings is 1. The molecule has 0 spiro atoms. The maximum absolute atomic E-state index is 11.4. The van der Waals surface area contributed by atoms with Gasteiger partial charge in [-0.2, -0.15) is 0 Å². The molecule has 3 N–H and O–H groups in total. The van der Waals surface area contributed by atoms with E-state index in [0.29, 0.717) is 10.6 Å². The molecule has 4 nitrogen and oxygen atoms in total. The zero-order valence-corrected chi connectivity index (χ0v) is 8.26. The van der Waals surface area contributed by atoms with Gasteiger partial charge < -0.3 is 5.73 Å². The second-order valence-corrected chi connectivity index (χ2v) is 3.21. The number of carbonyl (C=O) groups is 2. The summed E-state index contributed by atoms with van der Waals surface area (Å²) in [4.78, 5) is 21.8. The van der Waals surface area contributed by atoms with E-state index >= 15 is 0 Å². The lowest BCUT2D eigenvalue weighted by Crippen LogP contribution is -2.35. The summed E-state index contributed by atoms with van der Waals surface area (Å²) < 4.78 is 0. The molecule has 0 radical (unpaired) electrons. The lowest BCUT2D eigenvalue weighted by atomic mass is 10.1. The Morgan fingerprint density at radius 3 is 2.64 bits per heavy atom. The van der Waals surface area contributed by atoms with Crippen LogP contribution in [0.25, 0.3) is 0 Å². The first-order chi connectivity index (χ1) is 6.50. The lowest BCUT2D eigenvalue weighted by molar-refractivity contribution is 0.0965. The molecule has 0 saturated carbocycles. The molecule has 0 unspecified atom stereocenters. The zero-order chi connectivity index (χ0) is 10.7. The highest BCUT2D eigenvalue weighted by Gasteiger charge is 2.10. The third-order valence-corrected chi connectivity index (χ3v) is 1.92. The van der Waals surface area contributed by atoms with Gasteiger partial charge in [-0.15, -0.1) is 0 Å². The number of urea groups is 1. The number of hydrogen-bond donors (Lipinski definition) is 2. The number of halogens is 1. The summed E-state index contributed by atoms with van der Waals surface area (Å²) in [6, 6.07) is 3.96. The van der Waals surface area contributed by atoms with Crippen LogP contribution in [-0.2, 0) is 0 Å². The molecular weight excluding hydrogens is 204 g/mol. The highest BCUT2D eigenvalue weighted by molar-refractivity contribution is 6.31. The first-order valence-electron chi connectivity index (χ1n) is 3.87. The van der Waals surface area contributed by atoms with Gasteiger partial charge in [0.25, 0.3) is 5.91 Å². The molecular formula is C9H9ClN2O2. The van der Waals surface area contributed by atoms with E-state index in [4.69, 9.17) is 17.3 Å². The van der Waals surface area contributed by atoms with Crippen molar-refractivity contribution in [2.24, 2.45) is 5.73 Å². The van der Waals surface area contributed by atoms with Crippen molar-refractivity contribution in [3.8, 4) is 0 Å². The quantitative estimate of drug-likeness (QED) is 0.740. The molecule has 1 rings (SSSR count). The van der Waals surface area contributed by atoms with Crippen LogP contribution in [0.5, 0.6) is 0 Å². The van der Waals surface area contributed by atoms with E-state index in [1.165, 1.54) is 6.07 Å². The van der Waals surface area contributed by atoms with Crippen LogP contribution in [-0.4, -0.2) is 11.9 Å². The largest absolute Gasteiger partial charge is 0.351 e. The maximum atomic E-state index is 11.4. The standard InChI is InChI=1S/C9H9ClN2O2/c1-5-2-3-6(10)4-7(5)8(13)12-9(11)14/h2-4H,1H3,(H3,11,12,13,14). The Hall–Kier alpha value is -1.55. The van der Waals surface area contributed by atoms with Crippen LogP contribution < -0.4 is 11.1 Å². The van der Waals surface area contributed by atoms with E-state index in [9.17, 15) is 9.59 Å². The van der Waals surface area contributed by atoms with Crippen LogP contribution in [0.15, 0.2) is 18.2 Å². The first kappa shape index (κ1) is 10.5. The number of amides is 3. The van der Waals surface area contributed by atoms with Gasteiger partial charge in [0, 0.05) is 10.6 Å². The Morgan fingerprint density at radius 2 is 2.07 bits per heavy atom. The van der Waals surface area contributed by atoms with Crippen LogP contribution in [0.2, 0.25) is 5.02 Å². The van der Waals surface area contributed by atoms with Crippen molar-refractivity contribution < 1.29 is 9.59 Å². The molecule has 14 heavy (non-hydrogen) atoms. The van der Waals surface area contributed by atoms with E-state index in [-0.39, 0.29) is 0 Å². The van der Waals surface area contributed by atoms with E-state index in [0.717, 1.165) is 5.56 Å². The third-order valence-electron chi connectivity index (χ3n) is 1.68. The summed E-state index contributed by atoms with van der Waals surface area (Å²) in [5.74, 6) is -0.544. The van der Waals surface area contributed by atoms with Crippen molar-refractivity contribution in [1.82, 2.24) is 5.32 Å². The predicted molar refractivity (Wildman–Crippen MR) is 53.2 cm³/mol. The summed E-state index contributed by atoms with van der Waals surface area (Å²) in [5, 5.41) is 2.40. The van der Waals surface area contributed by atoms with Crippen molar-refractivity contribution >= 4 is 23.5 Å². The van der Waals surface area contributed by atoms with E-state index in [1.54, 1.807) is 19.1 Å². The molecule has 0 fully saturated rings. The topological polar surface area (TPSA) is 72.2 Å². The molecule has 0 saturated heterocycles. The van der Waals surface area contributed by atoms with E-state index in [2.05, 4.69) is 0 Å². The van der Waals surface area contributed by atoms with E-state index in [1.807, 2.05) is 5.32 Å². The van der Waals surface area contributed by atoms with Crippen LogP contribution in [0.4, 0.5) is 4.79 Å². The van der Waals surface area contributed by atoms with Crippen molar-refractivity contribution in [2.75, 3.05) is 0 Å². The molecule has 1 aromatic carbocycles. The fourth-order valence-corrected chi connectivity index (χ4v) is 1.19. The summed E-state index contributed by atoms with van der Waals surface area (Å²) in [6.07, 6.45) is 0. The van der Waals surface area contributed by atoms with Crippen LogP contribution in [0.3, 0.4) is 0 Å². The number of imide groups is 1. The van der Waals surface area contributed by atoms with Gasteiger partial charge in [-0.05, 0) is 24.6 Å². The zero-order valence-electron chi connectivity index (χ0n) is 7.50. The van der Waals surface area contributed by atoms with Gasteiger partial charge >= 0.3 is 6.03 Å². The Labute approximate surface area is 86.0 Å². The van der Waals surface area contributed by atoms with Crippen LogP contribution in [0, 0.1) is 6.92 Å². The molecule has 0 aliphatic heterocycles. The average Bonchev–Trinajstić information content (AvgIpc) is 2.08. The Bertz CT molecular complexity index is 390. The van der Waals surface area contributed by atoms with E-state index < -0.39 is 11.9 Å². The average molecular weight is 213 g/mol. The van der Waals surface area contributed by atoms with Gasteiger partial charge in [-0.1, -0.05) is 17.7 Å². The first-order valence-corrected chi connectivity index (χ1v) is 4.25. The number of rotatable bonds is 1. The van der Waals surface area contributed by atoms with Crippen LogP contribution >= 0.6 is 11.6 Å². The van der Waals surface area contributed by atoms with Crippen molar-refractivity contribution in [1.29, 1.82) is 0 Å². The summed E-state index contributed by atoms with van der Waals surface area (Å²) >= 11 is 5.70. The molecule has 74 valence electrons. The molecule has 0 heterocycles. The minimum absolute atomic E-state index is 0.344. The van der Waals surface area contributed by atoms with Crippen molar-refractivity contribution in [2.45, 2.75) is 6.92 Å². The second kappa shape index (κ2) is 4.11. The fraction of sp³-hybridized carbons (Fsp3) is 0.111. The molecule has 0 bridgehead atoms. The molecule has 0 aromatic heterocycles. The smallest absolute Gasteiger partial charge is 0.319 e. The van der Waals surface area contributed by atoms with Crippen LogP contribution in [0.1, 0.15) is 15.9 Å². The molecule has 0 atom stereocenters. The Kier molecular flexibility index (Phi) is 3.09. The predicted octanol–water partition coefficient (Wildman–Crippen LogP) is 1.46. The van der Waals surface area contributed by atoms with Gasteiger partial charge in [-0.25, -0.2) is 4.79 Å². The maximum Gasteiger partial charge on any atom is 0.319 e. The second-order valence-electron chi connectivity index (χ2n) is 2.78. The number of nitrogens with one attached hydrogen (secondary N) is 1. The normalized spacial score (nSPS) is 9.57.